The van der Waals surface area contributed by atoms with Crippen LogP contribution in [0.1, 0.15) is 39.2 Å². The molecule has 3 heteroatoms. The van der Waals surface area contributed by atoms with E-state index in [9.17, 15) is 4.79 Å². The Balaban J connectivity index is 2.68. The minimum Gasteiger partial charge on any atom is -0.479 e. The Labute approximate surface area is 103 Å². The second-order valence-electron chi connectivity index (χ2n) is 4.24. The Hall–Kier alpha value is -1.51. The molecule has 0 bridgehead atoms. The Morgan fingerprint density at radius 3 is 2.59 bits per heavy atom. The molecule has 0 aromatic heterocycles. The van der Waals surface area contributed by atoms with Crippen molar-refractivity contribution >= 4 is 5.97 Å². The number of carbonyl (C=O) groups is 1. The summed E-state index contributed by atoms with van der Waals surface area (Å²) >= 11 is 0. The average molecular weight is 236 g/mol. The highest BCUT2D eigenvalue weighted by molar-refractivity contribution is 5.74. The van der Waals surface area contributed by atoms with Crippen molar-refractivity contribution in [3.8, 4) is 5.75 Å². The first-order valence-electron chi connectivity index (χ1n) is 5.97. The van der Waals surface area contributed by atoms with E-state index in [0.29, 0.717) is 18.3 Å². The normalized spacial score (nSPS) is 12.3. The van der Waals surface area contributed by atoms with Crippen LogP contribution in [0.15, 0.2) is 24.3 Å². The molecule has 0 heterocycles. The highest BCUT2D eigenvalue weighted by Gasteiger charge is 2.15. The molecule has 0 aliphatic carbocycles. The summed E-state index contributed by atoms with van der Waals surface area (Å²) in [6.07, 6.45) is -0.572. The van der Waals surface area contributed by atoms with Crippen LogP contribution in [0.2, 0.25) is 0 Å². The summed E-state index contributed by atoms with van der Waals surface area (Å²) in [5, 5.41) is 0. The molecule has 0 saturated carbocycles. The van der Waals surface area contributed by atoms with E-state index in [1.807, 2.05) is 24.3 Å². The fourth-order valence-corrected chi connectivity index (χ4v) is 1.46. The SMILES string of the molecule is CCOC(=O)C(C)Oc1cccc(C(C)C)c1. The van der Waals surface area contributed by atoms with E-state index < -0.39 is 6.10 Å². The molecule has 3 nitrogen and oxygen atoms in total. The summed E-state index contributed by atoms with van der Waals surface area (Å²) in [7, 11) is 0. The molecular weight excluding hydrogens is 216 g/mol. The summed E-state index contributed by atoms with van der Waals surface area (Å²) in [6, 6.07) is 7.79. The Morgan fingerprint density at radius 1 is 1.29 bits per heavy atom. The summed E-state index contributed by atoms with van der Waals surface area (Å²) in [6.45, 7) is 8.09. The standard InChI is InChI=1S/C14H20O3/c1-5-16-14(15)11(4)17-13-8-6-7-12(9-13)10(2)3/h6-11H,5H2,1-4H3. The van der Waals surface area contributed by atoms with E-state index in [4.69, 9.17) is 9.47 Å². The number of ether oxygens (including phenoxy) is 2. The first kappa shape index (κ1) is 13.6. The molecule has 1 aromatic rings. The second-order valence-corrected chi connectivity index (χ2v) is 4.24. The predicted octanol–water partition coefficient (Wildman–Crippen LogP) is 3.14. The molecule has 0 fully saturated rings. The molecule has 1 unspecified atom stereocenters. The lowest BCUT2D eigenvalue weighted by Gasteiger charge is -2.14. The van der Waals surface area contributed by atoms with Gasteiger partial charge < -0.3 is 9.47 Å². The van der Waals surface area contributed by atoms with Crippen LogP contribution in [-0.4, -0.2) is 18.7 Å². The van der Waals surface area contributed by atoms with Gasteiger partial charge in [-0.15, -0.1) is 0 Å². The van der Waals surface area contributed by atoms with Crippen LogP contribution in [-0.2, 0) is 9.53 Å². The number of hydrogen-bond donors (Lipinski definition) is 0. The van der Waals surface area contributed by atoms with Gasteiger partial charge >= 0.3 is 5.97 Å². The minimum absolute atomic E-state index is 0.331. The highest BCUT2D eigenvalue weighted by Crippen LogP contribution is 2.21. The van der Waals surface area contributed by atoms with Crippen molar-refractivity contribution in [3.05, 3.63) is 29.8 Å². The van der Waals surface area contributed by atoms with Gasteiger partial charge in [0.05, 0.1) is 6.61 Å². The summed E-state index contributed by atoms with van der Waals surface area (Å²) in [5.41, 5.74) is 1.19. The highest BCUT2D eigenvalue weighted by atomic mass is 16.6. The van der Waals surface area contributed by atoms with E-state index in [1.165, 1.54) is 5.56 Å². The fourth-order valence-electron chi connectivity index (χ4n) is 1.46. The zero-order valence-electron chi connectivity index (χ0n) is 10.9. The lowest BCUT2D eigenvalue weighted by Crippen LogP contribution is -2.26. The van der Waals surface area contributed by atoms with Crippen molar-refractivity contribution in [3.63, 3.8) is 0 Å². The third-order valence-electron chi connectivity index (χ3n) is 2.46. The van der Waals surface area contributed by atoms with E-state index >= 15 is 0 Å². The third-order valence-corrected chi connectivity index (χ3v) is 2.46. The van der Waals surface area contributed by atoms with Gasteiger partial charge in [-0.3, -0.25) is 0 Å². The summed E-state index contributed by atoms with van der Waals surface area (Å²) in [4.78, 5) is 11.4. The van der Waals surface area contributed by atoms with Crippen LogP contribution >= 0.6 is 0 Å². The molecule has 0 aliphatic rings. The second kappa shape index (κ2) is 6.28. The van der Waals surface area contributed by atoms with Crippen molar-refractivity contribution in [1.82, 2.24) is 0 Å². The Kier molecular flexibility index (Phi) is 5.01. The van der Waals surface area contributed by atoms with Crippen LogP contribution in [0, 0.1) is 0 Å². The molecule has 17 heavy (non-hydrogen) atoms. The van der Waals surface area contributed by atoms with Crippen LogP contribution in [0.5, 0.6) is 5.75 Å². The maximum atomic E-state index is 11.4. The van der Waals surface area contributed by atoms with E-state index in [-0.39, 0.29) is 5.97 Å². The van der Waals surface area contributed by atoms with Crippen LogP contribution in [0.3, 0.4) is 0 Å². The van der Waals surface area contributed by atoms with E-state index in [0.717, 1.165) is 0 Å². The maximum Gasteiger partial charge on any atom is 0.347 e. The summed E-state index contributed by atoms with van der Waals surface area (Å²) in [5.74, 6) is 0.815. The first-order chi connectivity index (χ1) is 8.04. The summed E-state index contributed by atoms with van der Waals surface area (Å²) < 4.78 is 10.4. The van der Waals surface area contributed by atoms with Crippen LogP contribution in [0.4, 0.5) is 0 Å². The molecule has 1 aromatic carbocycles. The number of carbonyl (C=O) groups excluding carboxylic acids is 1. The van der Waals surface area contributed by atoms with Crippen molar-refractivity contribution in [2.45, 2.75) is 39.7 Å². The topological polar surface area (TPSA) is 35.5 Å². The smallest absolute Gasteiger partial charge is 0.347 e. The van der Waals surface area contributed by atoms with Gasteiger partial charge in [-0.25, -0.2) is 4.79 Å². The number of rotatable bonds is 5. The predicted molar refractivity (Wildman–Crippen MR) is 67.3 cm³/mol. The van der Waals surface area contributed by atoms with E-state index in [2.05, 4.69) is 13.8 Å². The molecule has 1 rings (SSSR count). The maximum absolute atomic E-state index is 11.4. The fraction of sp³-hybridized carbons (Fsp3) is 0.500. The van der Waals surface area contributed by atoms with Crippen LogP contribution < -0.4 is 4.74 Å². The van der Waals surface area contributed by atoms with Crippen LogP contribution in [0.25, 0.3) is 0 Å². The van der Waals surface area contributed by atoms with Gasteiger partial charge in [0.1, 0.15) is 5.75 Å². The molecule has 0 aliphatic heterocycles. The molecule has 94 valence electrons. The quantitative estimate of drug-likeness (QED) is 0.737. The molecule has 0 radical (unpaired) electrons. The van der Waals surface area contributed by atoms with Crippen molar-refractivity contribution < 1.29 is 14.3 Å². The monoisotopic (exact) mass is 236 g/mol. The van der Waals surface area contributed by atoms with Gasteiger partial charge in [0.2, 0.25) is 0 Å². The van der Waals surface area contributed by atoms with Gasteiger partial charge in [-0.1, -0.05) is 26.0 Å². The van der Waals surface area contributed by atoms with Gasteiger partial charge in [-0.05, 0) is 37.5 Å². The van der Waals surface area contributed by atoms with Gasteiger partial charge in [0.25, 0.3) is 0 Å². The van der Waals surface area contributed by atoms with Gasteiger partial charge in [-0.2, -0.15) is 0 Å². The minimum atomic E-state index is -0.572. The first-order valence-corrected chi connectivity index (χ1v) is 5.97. The molecule has 0 N–H and O–H groups in total. The van der Waals surface area contributed by atoms with Crippen molar-refractivity contribution in [2.24, 2.45) is 0 Å². The average Bonchev–Trinajstić information content (AvgIpc) is 2.29. The Morgan fingerprint density at radius 2 is 2.00 bits per heavy atom. The molecule has 0 spiro atoms. The number of esters is 1. The lowest BCUT2D eigenvalue weighted by molar-refractivity contribution is -0.150. The van der Waals surface area contributed by atoms with Gasteiger partial charge in [0, 0.05) is 0 Å². The molecule has 0 saturated heterocycles. The zero-order valence-corrected chi connectivity index (χ0v) is 10.9. The lowest BCUT2D eigenvalue weighted by atomic mass is 10.0. The van der Waals surface area contributed by atoms with Crippen molar-refractivity contribution in [2.75, 3.05) is 6.61 Å². The number of hydrogen-bond acceptors (Lipinski definition) is 3. The van der Waals surface area contributed by atoms with Crippen molar-refractivity contribution in [1.29, 1.82) is 0 Å². The molecule has 0 amide bonds. The Bertz CT molecular complexity index is 371. The molecule has 1 atom stereocenters. The zero-order chi connectivity index (χ0) is 12.8. The number of benzene rings is 1. The molecular formula is C14H20O3. The van der Waals surface area contributed by atoms with E-state index in [1.54, 1.807) is 13.8 Å². The third kappa shape index (κ3) is 4.10. The van der Waals surface area contributed by atoms with Gasteiger partial charge in [0.15, 0.2) is 6.10 Å². The largest absolute Gasteiger partial charge is 0.479 e.